The van der Waals surface area contributed by atoms with Gasteiger partial charge in [-0.2, -0.15) is 0 Å². The van der Waals surface area contributed by atoms with Gasteiger partial charge in [-0.3, -0.25) is 24.6 Å². The fraction of sp³-hybridized carbons (Fsp3) is 0.417. The summed E-state index contributed by atoms with van der Waals surface area (Å²) in [6, 6.07) is 8.68. The maximum Gasteiger partial charge on any atom is 0.235 e. The summed E-state index contributed by atoms with van der Waals surface area (Å²) in [4.78, 5) is 39.2. The normalized spacial score (nSPS) is 19.4. The average Bonchev–Trinajstić information content (AvgIpc) is 2.79. The molecule has 0 bridgehead atoms. The van der Waals surface area contributed by atoms with Crippen LogP contribution in [0.3, 0.4) is 0 Å². The van der Waals surface area contributed by atoms with E-state index < -0.39 is 11.8 Å². The number of piperidine rings is 1. The molecule has 0 radical (unpaired) electrons. The number of ether oxygens (including phenoxy) is 1. The third-order valence-electron chi connectivity index (χ3n) is 6.32. The Labute approximate surface area is 191 Å². The summed E-state index contributed by atoms with van der Waals surface area (Å²) in [6.07, 6.45) is 0.424. The molecule has 2 aliphatic rings. The molecule has 9 nitrogen and oxygen atoms in total. The molecule has 1 atom stereocenters. The molecule has 3 amide bonds. The van der Waals surface area contributed by atoms with Crippen LogP contribution in [-0.2, 0) is 14.4 Å². The minimum absolute atomic E-state index is 0.00136. The van der Waals surface area contributed by atoms with Gasteiger partial charge in [-0.05, 0) is 41.5 Å². The number of imide groups is 1. The molecule has 0 spiro atoms. The zero-order chi connectivity index (χ0) is 23.5. The zero-order valence-corrected chi connectivity index (χ0v) is 18.6. The van der Waals surface area contributed by atoms with Gasteiger partial charge in [-0.25, -0.2) is 0 Å². The molecule has 0 saturated carbocycles. The van der Waals surface area contributed by atoms with Gasteiger partial charge in [-0.1, -0.05) is 6.07 Å². The number of nitrogens with zero attached hydrogens (tertiary/aromatic N) is 2. The summed E-state index contributed by atoms with van der Waals surface area (Å²) in [5.74, 6) is -0.910. The lowest BCUT2D eigenvalue weighted by Gasteiger charge is -2.34. The number of piperazine rings is 1. The molecule has 174 valence electrons. The van der Waals surface area contributed by atoms with E-state index in [9.17, 15) is 19.5 Å². The van der Waals surface area contributed by atoms with Crippen LogP contribution in [0.1, 0.15) is 25.3 Å². The molecule has 9 heteroatoms. The van der Waals surface area contributed by atoms with Crippen LogP contribution < -0.4 is 10.1 Å². The van der Waals surface area contributed by atoms with E-state index in [1.54, 1.807) is 25.1 Å². The molecule has 2 aliphatic heterocycles. The first-order valence-corrected chi connectivity index (χ1v) is 11.1. The fourth-order valence-electron chi connectivity index (χ4n) is 4.39. The Morgan fingerprint density at radius 3 is 2.64 bits per heavy atom. The topological polar surface area (TPSA) is 123 Å². The quantitative estimate of drug-likeness (QED) is 0.451. The SMILES string of the molecule is CC(=O)N1CCN(CCOc2ccc3c(C(=N)C4CCC(=O)NC4=O)c(O)ccc3c2)CC1. The lowest BCUT2D eigenvalue weighted by Crippen LogP contribution is -2.48. The second-order valence-corrected chi connectivity index (χ2v) is 8.46. The van der Waals surface area contributed by atoms with Crippen LogP contribution in [0.2, 0.25) is 0 Å². The summed E-state index contributed by atoms with van der Waals surface area (Å²) >= 11 is 0. The number of nitrogens with one attached hydrogen (secondary N) is 2. The minimum Gasteiger partial charge on any atom is -0.507 e. The fourth-order valence-corrected chi connectivity index (χ4v) is 4.39. The highest BCUT2D eigenvalue weighted by atomic mass is 16.5. The standard InChI is InChI=1S/C24H28N4O5/c1-15(29)28-10-8-27(9-11-28)12-13-33-17-3-4-18-16(14-17)2-6-20(30)22(18)23(25)19-5-7-21(31)26-24(19)32/h2-4,6,14,19,25,30H,5,7-13H2,1H3,(H,26,31,32). The van der Waals surface area contributed by atoms with Crippen LogP contribution in [0.5, 0.6) is 11.5 Å². The predicted octanol–water partition coefficient (Wildman–Crippen LogP) is 1.51. The Balaban J connectivity index is 1.43. The van der Waals surface area contributed by atoms with Crippen molar-refractivity contribution in [2.24, 2.45) is 5.92 Å². The van der Waals surface area contributed by atoms with Crippen molar-refractivity contribution in [3.05, 3.63) is 35.9 Å². The van der Waals surface area contributed by atoms with Crippen molar-refractivity contribution in [1.29, 1.82) is 5.41 Å². The van der Waals surface area contributed by atoms with Crippen molar-refractivity contribution in [2.75, 3.05) is 39.3 Å². The molecule has 2 aromatic carbocycles. The molecular formula is C24H28N4O5. The summed E-state index contributed by atoms with van der Waals surface area (Å²) in [5, 5.41) is 22.7. The summed E-state index contributed by atoms with van der Waals surface area (Å²) in [6.45, 7) is 5.97. The summed E-state index contributed by atoms with van der Waals surface area (Å²) in [5.41, 5.74) is 0.304. The molecule has 4 rings (SSSR count). The number of carbonyl (C=O) groups is 3. The Kier molecular flexibility index (Phi) is 6.60. The number of fused-ring (bicyclic) bond motifs is 1. The van der Waals surface area contributed by atoms with Gasteiger partial charge < -0.3 is 20.2 Å². The van der Waals surface area contributed by atoms with Crippen LogP contribution in [0.25, 0.3) is 10.8 Å². The van der Waals surface area contributed by atoms with Crippen LogP contribution in [0.15, 0.2) is 30.3 Å². The van der Waals surface area contributed by atoms with Crippen molar-refractivity contribution in [1.82, 2.24) is 15.1 Å². The zero-order valence-electron chi connectivity index (χ0n) is 18.6. The summed E-state index contributed by atoms with van der Waals surface area (Å²) in [7, 11) is 0. The van der Waals surface area contributed by atoms with Gasteiger partial charge in [0.05, 0.1) is 11.6 Å². The van der Waals surface area contributed by atoms with Crippen molar-refractivity contribution >= 4 is 34.2 Å². The molecule has 2 heterocycles. The number of hydrogen-bond acceptors (Lipinski definition) is 7. The highest BCUT2D eigenvalue weighted by Gasteiger charge is 2.32. The van der Waals surface area contributed by atoms with Crippen molar-refractivity contribution in [2.45, 2.75) is 19.8 Å². The number of carbonyl (C=O) groups excluding carboxylic acids is 3. The molecule has 2 saturated heterocycles. The van der Waals surface area contributed by atoms with E-state index in [0.717, 1.165) is 38.1 Å². The van der Waals surface area contributed by atoms with Gasteiger partial charge in [0.1, 0.15) is 18.1 Å². The van der Waals surface area contributed by atoms with E-state index in [1.807, 2.05) is 11.0 Å². The van der Waals surface area contributed by atoms with E-state index in [0.29, 0.717) is 23.3 Å². The molecule has 33 heavy (non-hydrogen) atoms. The largest absolute Gasteiger partial charge is 0.507 e. The van der Waals surface area contributed by atoms with E-state index in [2.05, 4.69) is 10.2 Å². The lowest BCUT2D eigenvalue weighted by molar-refractivity contribution is -0.134. The van der Waals surface area contributed by atoms with Crippen molar-refractivity contribution in [3.63, 3.8) is 0 Å². The number of amides is 3. The Morgan fingerprint density at radius 2 is 1.94 bits per heavy atom. The number of benzene rings is 2. The summed E-state index contributed by atoms with van der Waals surface area (Å²) < 4.78 is 5.93. The van der Waals surface area contributed by atoms with Crippen LogP contribution in [0, 0.1) is 11.3 Å². The van der Waals surface area contributed by atoms with Crippen LogP contribution in [0.4, 0.5) is 0 Å². The average molecular weight is 453 g/mol. The maximum atomic E-state index is 12.2. The van der Waals surface area contributed by atoms with E-state index in [4.69, 9.17) is 10.1 Å². The Hall–Kier alpha value is -3.46. The smallest absolute Gasteiger partial charge is 0.235 e. The lowest BCUT2D eigenvalue weighted by atomic mass is 9.86. The molecule has 3 N–H and O–H groups in total. The van der Waals surface area contributed by atoms with E-state index in [-0.39, 0.29) is 36.1 Å². The first-order chi connectivity index (χ1) is 15.8. The Bertz CT molecular complexity index is 1110. The number of rotatable bonds is 6. The van der Waals surface area contributed by atoms with Crippen molar-refractivity contribution < 1.29 is 24.2 Å². The number of hydrogen-bond donors (Lipinski definition) is 3. The van der Waals surface area contributed by atoms with Gasteiger partial charge in [0.15, 0.2) is 0 Å². The molecule has 2 fully saturated rings. The number of phenols is 1. The van der Waals surface area contributed by atoms with Gasteiger partial charge >= 0.3 is 0 Å². The van der Waals surface area contributed by atoms with Gasteiger partial charge in [-0.15, -0.1) is 0 Å². The van der Waals surface area contributed by atoms with Gasteiger partial charge in [0.2, 0.25) is 17.7 Å². The molecule has 0 aliphatic carbocycles. The highest BCUT2D eigenvalue weighted by Crippen LogP contribution is 2.33. The predicted molar refractivity (Wildman–Crippen MR) is 123 cm³/mol. The second-order valence-electron chi connectivity index (χ2n) is 8.46. The monoisotopic (exact) mass is 452 g/mol. The number of aromatic hydroxyl groups is 1. The second kappa shape index (κ2) is 9.58. The Morgan fingerprint density at radius 1 is 1.18 bits per heavy atom. The molecule has 1 unspecified atom stereocenters. The maximum absolute atomic E-state index is 12.2. The third-order valence-corrected chi connectivity index (χ3v) is 6.32. The first-order valence-electron chi connectivity index (χ1n) is 11.1. The molecule has 0 aromatic heterocycles. The van der Waals surface area contributed by atoms with Crippen LogP contribution in [-0.4, -0.2) is 77.7 Å². The first kappa shape index (κ1) is 22.7. The molecular weight excluding hydrogens is 424 g/mol. The van der Waals surface area contributed by atoms with Crippen LogP contribution >= 0.6 is 0 Å². The van der Waals surface area contributed by atoms with Crippen molar-refractivity contribution in [3.8, 4) is 11.5 Å². The minimum atomic E-state index is -0.779. The van der Waals surface area contributed by atoms with E-state index >= 15 is 0 Å². The van der Waals surface area contributed by atoms with E-state index in [1.165, 1.54) is 6.07 Å². The highest BCUT2D eigenvalue weighted by molar-refractivity contribution is 6.21. The molecule has 2 aromatic rings. The number of phenolic OH excluding ortho intramolecular Hbond substituents is 1. The third kappa shape index (κ3) is 4.98. The van der Waals surface area contributed by atoms with Gasteiger partial charge in [0, 0.05) is 51.6 Å². The van der Waals surface area contributed by atoms with Gasteiger partial charge in [0.25, 0.3) is 0 Å².